The molecule has 112 valence electrons. The van der Waals surface area contributed by atoms with Gasteiger partial charge in [0.1, 0.15) is 17.8 Å². The van der Waals surface area contributed by atoms with Gasteiger partial charge in [-0.05, 0) is 30.5 Å². The molecule has 1 unspecified atom stereocenters. The van der Waals surface area contributed by atoms with E-state index in [1.165, 1.54) is 12.1 Å². The second-order valence-electron chi connectivity index (χ2n) is 5.78. The van der Waals surface area contributed by atoms with Crippen LogP contribution in [0.25, 0.3) is 11.0 Å². The summed E-state index contributed by atoms with van der Waals surface area (Å²) in [6, 6.07) is 12.7. The van der Waals surface area contributed by atoms with E-state index in [1.54, 1.807) is 6.33 Å². The highest BCUT2D eigenvalue weighted by atomic mass is 15.2. The van der Waals surface area contributed by atoms with E-state index in [2.05, 4.69) is 55.5 Å². The molecule has 1 saturated heterocycles. The first kappa shape index (κ1) is 13.1. The normalized spacial score (nSPS) is 18.0. The van der Waals surface area contributed by atoms with Crippen molar-refractivity contribution in [2.75, 3.05) is 29.9 Å². The van der Waals surface area contributed by atoms with Gasteiger partial charge in [0.25, 0.3) is 0 Å². The van der Waals surface area contributed by atoms with Crippen molar-refractivity contribution in [3.05, 3.63) is 48.9 Å². The minimum atomic E-state index is 0.643. The van der Waals surface area contributed by atoms with Crippen molar-refractivity contribution < 1.29 is 0 Å². The summed E-state index contributed by atoms with van der Waals surface area (Å²) in [5, 5.41) is 4.55. The third-order valence-electron chi connectivity index (χ3n) is 4.32. The van der Waals surface area contributed by atoms with E-state index >= 15 is 0 Å². The van der Waals surface area contributed by atoms with Gasteiger partial charge in [0.05, 0.1) is 5.39 Å². The van der Waals surface area contributed by atoms with Crippen molar-refractivity contribution in [1.29, 1.82) is 0 Å². The lowest BCUT2D eigenvalue weighted by atomic mass is 10.1. The highest BCUT2D eigenvalue weighted by molar-refractivity contribution is 5.86. The summed E-state index contributed by atoms with van der Waals surface area (Å²) in [6.07, 6.45) is 4.71. The molecule has 0 amide bonds. The maximum atomic E-state index is 4.36. The molecule has 1 atom stereocenters. The maximum absolute atomic E-state index is 4.36. The molecular formula is C17H19N5. The topological polar surface area (TPSA) is 56.8 Å². The van der Waals surface area contributed by atoms with Gasteiger partial charge < -0.3 is 15.2 Å². The number of nitrogens with one attached hydrogen (secondary N) is 2. The molecule has 1 fully saturated rings. The summed E-state index contributed by atoms with van der Waals surface area (Å²) in [4.78, 5) is 14.2. The lowest BCUT2D eigenvalue weighted by Gasteiger charge is -2.18. The number of benzene rings is 1. The molecule has 0 spiro atoms. The monoisotopic (exact) mass is 293 g/mol. The van der Waals surface area contributed by atoms with Crippen molar-refractivity contribution in [2.45, 2.75) is 6.42 Å². The van der Waals surface area contributed by atoms with Crippen LogP contribution in [0.4, 0.5) is 11.5 Å². The predicted molar refractivity (Wildman–Crippen MR) is 89.1 cm³/mol. The molecule has 0 saturated carbocycles. The van der Waals surface area contributed by atoms with E-state index in [0.29, 0.717) is 5.92 Å². The molecule has 1 aliphatic heterocycles. The highest BCUT2D eigenvalue weighted by Crippen LogP contribution is 2.24. The summed E-state index contributed by atoms with van der Waals surface area (Å²) >= 11 is 0. The minimum absolute atomic E-state index is 0.643. The van der Waals surface area contributed by atoms with Crippen LogP contribution in [0.5, 0.6) is 0 Å². The Labute approximate surface area is 129 Å². The van der Waals surface area contributed by atoms with Crippen LogP contribution in [0.15, 0.2) is 48.9 Å². The zero-order chi connectivity index (χ0) is 14.8. The first-order valence-electron chi connectivity index (χ1n) is 7.72. The van der Waals surface area contributed by atoms with Gasteiger partial charge in [-0.2, -0.15) is 0 Å². The molecule has 0 radical (unpaired) electrons. The van der Waals surface area contributed by atoms with E-state index in [1.807, 2.05) is 12.3 Å². The van der Waals surface area contributed by atoms with Crippen molar-refractivity contribution in [2.24, 2.45) is 5.92 Å². The fourth-order valence-corrected chi connectivity index (χ4v) is 3.13. The molecule has 1 aliphatic rings. The van der Waals surface area contributed by atoms with Crippen LogP contribution in [-0.2, 0) is 0 Å². The van der Waals surface area contributed by atoms with Crippen molar-refractivity contribution >= 4 is 22.5 Å². The zero-order valence-corrected chi connectivity index (χ0v) is 12.4. The van der Waals surface area contributed by atoms with Gasteiger partial charge in [0, 0.05) is 31.5 Å². The molecule has 3 aromatic rings. The van der Waals surface area contributed by atoms with Crippen LogP contribution < -0.4 is 10.2 Å². The molecule has 3 heterocycles. The number of fused-ring (bicyclic) bond motifs is 1. The third-order valence-corrected chi connectivity index (χ3v) is 4.32. The fourth-order valence-electron chi connectivity index (χ4n) is 3.13. The number of aromatic amines is 1. The molecule has 2 N–H and O–H groups in total. The number of hydrogen-bond acceptors (Lipinski definition) is 4. The van der Waals surface area contributed by atoms with Crippen LogP contribution in [0, 0.1) is 5.92 Å². The average molecular weight is 293 g/mol. The molecule has 22 heavy (non-hydrogen) atoms. The Morgan fingerprint density at radius 2 is 2.09 bits per heavy atom. The third kappa shape index (κ3) is 2.50. The smallest absolute Gasteiger partial charge is 0.142 e. The summed E-state index contributed by atoms with van der Waals surface area (Å²) in [5.41, 5.74) is 2.20. The first-order chi connectivity index (χ1) is 10.9. The van der Waals surface area contributed by atoms with Crippen LogP contribution in [-0.4, -0.2) is 34.6 Å². The lowest BCUT2D eigenvalue weighted by molar-refractivity contribution is 0.621. The fraction of sp³-hybridized carbons (Fsp3) is 0.294. The lowest BCUT2D eigenvalue weighted by Crippen LogP contribution is -2.22. The molecule has 1 aromatic carbocycles. The summed E-state index contributed by atoms with van der Waals surface area (Å²) in [5.74, 6) is 1.56. The first-order valence-corrected chi connectivity index (χ1v) is 7.72. The SMILES string of the molecule is c1ccc(N2CCC(CNc3ncnc4[nH]ccc34)C2)cc1. The van der Waals surface area contributed by atoms with Gasteiger partial charge in [-0.25, -0.2) is 9.97 Å². The Balaban J connectivity index is 1.40. The van der Waals surface area contributed by atoms with E-state index < -0.39 is 0 Å². The Morgan fingerprint density at radius 3 is 3.00 bits per heavy atom. The van der Waals surface area contributed by atoms with E-state index in [9.17, 15) is 0 Å². The molecule has 2 aromatic heterocycles. The Bertz CT molecular complexity index is 752. The standard InChI is InChI=1S/C17H19N5/c1-2-4-14(5-3-1)22-9-7-13(11-22)10-19-17-15-6-8-18-16(15)20-12-21-17/h1-6,8,12-13H,7,9-11H2,(H2,18,19,20,21). The molecule has 0 bridgehead atoms. The van der Waals surface area contributed by atoms with Crippen LogP contribution in [0.2, 0.25) is 0 Å². The second-order valence-corrected chi connectivity index (χ2v) is 5.78. The van der Waals surface area contributed by atoms with E-state index in [-0.39, 0.29) is 0 Å². The summed E-state index contributed by atoms with van der Waals surface area (Å²) in [7, 11) is 0. The van der Waals surface area contributed by atoms with Crippen LogP contribution in [0.1, 0.15) is 6.42 Å². The number of nitrogens with zero attached hydrogens (tertiary/aromatic N) is 3. The predicted octanol–water partition coefficient (Wildman–Crippen LogP) is 2.90. The Hall–Kier alpha value is -2.56. The van der Waals surface area contributed by atoms with Gasteiger partial charge in [0.2, 0.25) is 0 Å². The molecule has 4 rings (SSSR count). The zero-order valence-electron chi connectivity index (χ0n) is 12.4. The Morgan fingerprint density at radius 1 is 1.18 bits per heavy atom. The highest BCUT2D eigenvalue weighted by Gasteiger charge is 2.22. The molecule has 5 nitrogen and oxygen atoms in total. The second kappa shape index (κ2) is 5.67. The summed E-state index contributed by atoms with van der Waals surface area (Å²) < 4.78 is 0. The van der Waals surface area contributed by atoms with Gasteiger partial charge in [-0.15, -0.1) is 0 Å². The number of hydrogen-bond donors (Lipinski definition) is 2. The number of para-hydroxylation sites is 1. The number of aromatic nitrogens is 3. The van der Waals surface area contributed by atoms with Crippen molar-refractivity contribution in [1.82, 2.24) is 15.0 Å². The van der Waals surface area contributed by atoms with Gasteiger partial charge in [0.15, 0.2) is 0 Å². The maximum Gasteiger partial charge on any atom is 0.142 e. The minimum Gasteiger partial charge on any atom is -0.371 e. The van der Waals surface area contributed by atoms with Crippen LogP contribution in [0.3, 0.4) is 0 Å². The van der Waals surface area contributed by atoms with Gasteiger partial charge in [-0.3, -0.25) is 0 Å². The van der Waals surface area contributed by atoms with E-state index in [4.69, 9.17) is 0 Å². The molecular weight excluding hydrogens is 274 g/mol. The largest absolute Gasteiger partial charge is 0.371 e. The number of anilines is 2. The quantitative estimate of drug-likeness (QED) is 0.776. The van der Waals surface area contributed by atoms with Crippen LogP contribution >= 0.6 is 0 Å². The molecule has 0 aliphatic carbocycles. The summed E-state index contributed by atoms with van der Waals surface area (Å²) in [6.45, 7) is 3.17. The van der Waals surface area contributed by atoms with Crippen molar-refractivity contribution in [3.63, 3.8) is 0 Å². The Kier molecular flexibility index (Phi) is 3.39. The van der Waals surface area contributed by atoms with Gasteiger partial charge in [-0.1, -0.05) is 18.2 Å². The average Bonchev–Trinajstić information content (AvgIpc) is 3.23. The number of H-pyrrole nitrogens is 1. The van der Waals surface area contributed by atoms with Crippen molar-refractivity contribution in [3.8, 4) is 0 Å². The van der Waals surface area contributed by atoms with E-state index in [0.717, 1.165) is 36.5 Å². The van der Waals surface area contributed by atoms with Gasteiger partial charge >= 0.3 is 0 Å². The molecule has 5 heteroatoms. The number of rotatable bonds is 4.